The third kappa shape index (κ3) is 9.18. The first-order valence-corrected chi connectivity index (χ1v) is 28.8. The summed E-state index contributed by atoms with van der Waals surface area (Å²) in [5, 5.41) is 0. The summed E-state index contributed by atoms with van der Waals surface area (Å²) in [6, 6.07) is 85.1. The number of rotatable bonds is 9. The number of fused-ring (bicyclic) bond motifs is 4. The monoisotopic (exact) mass is 1070 g/mol. The number of hydrogen-bond donors (Lipinski definition) is 0. The fourth-order valence-electron chi connectivity index (χ4n) is 12.6. The van der Waals surface area contributed by atoms with Crippen LogP contribution in [0.5, 0.6) is 0 Å². The highest BCUT2D eigenvalue weighted by Gasteiger charge is 2.46. The zero-order valence-electron chi connectivity index (χ0n) is 53.6. The Kier molecular flexibility index (Phi) is 11.2. The summed E-state index contributed by atoms with van der Waals surface area (Å²) in [5.41, 5.74) is 20.4. The van der Waals surface area contributed by atoms with Crippen molar-refractivity contribution in [3.8, 4) is 77.9 Å². The molecule has 0 bridgehead atoms. The average molecular weight is 1070 g/mol. The lowest BCUT2D eigenvalue weighted by molar-refractivity contribution is 0.570. The van der Waals surface area contributed by atoms with Gasteiger partial charge in [0, 0.05) is 45.0 Å². The lowest BCUT2D eigenvalue weighted by Crippen LogP contribution is -2.61. The number of hydrogen-bond acceptors (Lipinski definition) is 2. The minimum absolute atomic E-state index is 0.0563. The van der Waals surface area contributed by atoms with Crippen molar-refractivity contribution in [2.75, 3.05) is 9.80 Å². The fraction of sp³-hybridized carbons (Fsp3) is 0.100. The number of anilines is 6. The molecular formula is C80H65BN2. The molecule has 0 fully saturated rings. The van der Waals surface area contributed by atoms with E-state index in [9.17, 15) is 8.22 Å². The van der Waals surface area contributed by atoms with E-state index in [-0.39, 0.29) is 47.1 Å². The first kappa shape index (κ1) is 45.0. The van der Waals surface area contributed by atoms with E-state index in [4.69, 9.17) is 0 Å². The van der Waals surface area contributed by atoms with Gasteiger partial charge in [0.25, 0.3) is 6.71 Å². The Morgan fingerprint density at radius 3 is 0.988 bits per heavy atom. The molecule has 3 heteroatoms. The van der Waals surface area contributed by atoms with E-state index in [1.54, 1.807) is 0 Å². The van der Waals surface area contributed by atoms with Crippen LogP contribution >= 0.6 is 0 Å². The molecular weight excluding hydrogens is 1000 g/mol. The highest BCUT2D eigenvalue weighted by molar-refractivity contribution is 7.00. The van der Waals surface area contributed by atoms with E-state index >= 15 is 0 Å². The molecule has 0 radical (unpaired) electrons. The summed E-state index contributed by atoms with van der Waals surface area (Å²) in [6.45, 7) is 13.1. The quantitative estimate of drug-likeness (QED) is 0.133. The van der Waals surface area contributed by atoms with Crippen LogP contribution in [0.1, 0.15) is 60.9 Å². The maximum atomic E-state index is 10.2. The number of benzene rings is 12. The van der Waals surface area contributed by atoms with E-state index < -0.39 is 6.71 Å². The molecule has 0 unspecified atom stereocenters. The molecule has 0 saturated carbocycles. The number of para-hydroxylation sites is 2. The van der Waals surface area contributed by atoms with Crippen molar-refractivity contribution in [2.24, 2.45) is 0 Å². The van der Waals surface area contributed by atoms with Crippen molar-refractivity contribution in [1.82, 2.24) is 0 Å². The van der Waals surface area contributed by atoms with Crippen LogP contribution in [-0.2, 0) is 10.8 Å². The second-order valence-electron chi connectivity index (χ2n) is 24.0. The van der Waals surface area contributed by atoms with Gasteiger partial charge >= 0.3 is 0 Å². The lowest BCUT2D eigenvalue weighted by Gasteiger charge is -2.46. The summed E-state index contributed by atoms with van der Waals surface area (Å²) in [5.74, 6) is 0. The Labute approximate surface area is 499 Å². The molecule has 2 heterocycles. The summed E-state index contributed by atoms with van der Waals surface area (Å²) in [7, 11) is 0. The van der Waals surface area contributed by atoms with Gasteiger partial charge in [0.05, 0.1) is 19.6 Å². The molecule has 2 aliphatic rings. The van der Waals surface area contributed by atoms with Crippen molar-refractivity contribution < 1.29 is 8.22 Å². The van der Waals surface area contributed by atoms with E-state index in [1.165, 1.54) is 5.56 Å². The lowest BCUT2D eigenvalue weighted by atomic mass is 9.33. The minimum Gasteiger partial charge on any atom is -0.310 e. The predicted octanol–water partition coefficient (Wildman–Crippen LogP) is 20.0. The van der Waals surface area contributed by atoms with Gasteiger partial charge in [-0.25, -0.2) is 0 Å². The highest BCUT2D eigenvalue weighted by Crippen LogP contribution is 2.54. The Morgan fingerprint density at radius 1 is 0.301 bits per heavy atom. The molecule has 2 nitrogen and oxygen atoms in total. The summed E-state index contributed by atoms with van der Waals surface area (Å²) in [4.78, 5) is 4.62. The molecule has 0 atom stereocenters. The third-order valence-electron chi connectivity index (χ3n) is 16.7. The molecule has 0 aliphatic carbocycles. The van der Waals surface area contributed by atoms with Crippen LogP contribution in [0.25, 0.3) is 77.9 Å². The van der Waals surface area contributed by atoms with Crippen molar-refractivity contribution in [2.45, 2.75) is 52.4 Å². The molecule has 12 aromatic carbocycles. The Bertz CT molecular complexity index is 4340. The molecule has 0 N–H and O–H groups in total. The smallest absolute Gasteiger partial charge is 0.252 e. The fourth-order valence-corrected chi connectivity index (χ4v) is 12.6. The molecule has 2 aliphatic heterocycles. The minimum atomic E-state index is -0.465. The van der Waals surface area contributed by atoms with Gasteiger partial charge in [0.15, 0.2) is 0 Å². The van der Waals surface area contributed by atoms with E-state index in [1.807, 2.05) is 133 Å². The molecule has 12 aromatic rings. The molecule has 0 amide bonds. The normalized spacial score (nSPS) is 13.6. The maximum absolute atomic E-state index is 10.2. The van der Waals surface area contributed by atoms with Crippen LogP contribution in [0.2, 0.25) is 0 Å². The topological polar surface area (TPSA) is 6.48 Å². The third-order valence-corrected chi connectivity index (χ3v) is 16.7. The average Bonchev–Trinajstić information content (AvgIpc) is 0.706. The van der Waals surface area contributed by atoms with Gasteiger partial charge in [-0.3, -0.25) is 0 Å². The first-order valence-electron chi connectivity index (χ1n) is 31.8. The van der Waals surface area contributed by atoms with Crippen molar-refractivity contribution in [1.29, 1.82) is 0 Å². The second-order valence-corrected chi connectivity index (χ2v) is 24.0. The van der Waals surface area contributed by atoms with E-state index in [0.29, 0.717) is 33.6 Å². The Balaban J connectivity index is 1.24. The van der Waals surface area contributed by atoms with Crippen LogP contribution in [0, 0.1) is 0 Å². The van der Waals surface area contributed by atoms with Crippen molar-refractivity contribution in [3.05, 3.63) is 296 Å². The van der Waals surface area contributed by atoms with Gasteiger partial charge in [0.1, 0.15) is 0 Å². The Hall–Kier alpha value is -9.70. The molecule has 0 saturated heterocycles. The predicted molar refractivity (Wildman–Crippen MR) is 356 cm³/mol. The van der Waals surface area contributed by atoms with Crippen LogP contribution in [0.15, 0.2) is 285 Å². The van der Waals surface area contributed by atoms with Crippen LogP contribution in [0.4, 0.5) is 34.1 Å². The van der Waals surface area contributed by atoms with Crippen molar-refractivity contribution in [3.63, 3.8) is 0 Å². The molecule has 14 rings (SSSR count). The Morgan fingerprint density at radius 2 is 0.651 bits per heavy atom. The largest absolute Gasteiger partial charge is 0.310 e. The zero-order valence-corrected chi connectivity index (χ0v) is 47.6. The first-order chi connectivity index (χ1) is 43.0. The molecule has 0 aromatic heterocycles. The van der Waals surface area contributed by atoms with Gasteiger partial charge in [-0.05, 0) is 118 Å². The summed E-state index contributed by atoms with van der Waals surface area (Å²) >= 11 is 0. The SMILES string of the molecule is [2H]c1c([2H])c(-c2ccccc2)c(N2c3ccc(-c4ccccc4)cc3B3c4cc(-c5ccccc5)ccc4N(c4c(-c5ccccc5)c([2H])c([2H])c([2H])c4-c4ccccc4)c4cc(-c5ccc(C(C)(C)C)cc5C(C)(C)C)cc2c43)c(-c2ccccc2)c1[2H]. The second kappa shape index (κ2) is 20.7. The molecule has 0 spiro atoms. The van der Waals surface area contributed by atoms with Crippen LogP contribution in [-0.4, -0.2) is 6.71 Å². The summed E-state index contributed by atoms with van der Waals surface area (Å²) < 4.78 is 60.3. The van der Waals surface area contributed by atoms with Gasteiger partial charge < -0.3 is 9.80 Å². The molecule has 83 heavy (non-hydrogen) atoms. The van der Waals surface area contributed by atoms with E-state index in [2.05, 4.69) is 167 Å². The van der Waals surface area contributed by atoms with Crippen LogP contribution < -0.4 is 26.2 Å². The van der Waals surface area contributed by atoms with Gasteiger partial charge in [-0.1, -0.05) is 302 Å². The van der Waals surface area contributed by atoms with Gasteiger partial charge in [-0.2, -0.15) is 0 Å². The van der Waals surface area contributed by atoms with Crippen LogP contribution in [0.3, 0.4) is 0 Å². The highest BCUT2D eigenvalue weighted by atomic mass is 15.2. The molecule has 398 valence electrons. The standard InChI is InChI=1S/C80H65BN2/c1-79(2,3)63-45-46-64(69(53-63)80(4,5)6)62-51-74-76-75(52-62)83(78-67(58-35-21-11-22-36-58)41-26-42-68(78)59-37-23-12-24-38-59)73-48-44-61(55-29-15-8-16-30-55)50-71(73)81(76)70-49-60(54-27-13-7-14-28-54)43-47-72(70)82(74)77-65(56-31-17-9-18-32-56)39-25-40-66(77)57-33-19-10-20-34-57/h7-53H,1-6H3/i25D,26D,39D,40D,41D,42D. The van der Waals surface area contributed by atoms with E-state index in [0.717, 1.165) is 100 Å². The van der Waals surface area contributed by atoms with Gasteiger partial charge in [-0.15, -0.1) is 0 Å². The van der Waals surface area contributed by atoms with Gasteiger partial charge in [0.2, 0.25) is 0 Å². The van der Waals surface area contributed by atoms with Crippen molar-refractivity contribution >= 4 is 57.2 Å². The summed E-state index contributed by atoms with van der Waals surface area (Å²) in [6.07, 6.45) is 0. The number of nitrogens with zero attached hydrogens (tertiary/aromatic N) is 2. The zero-order chi connectivity index (χ0) is 61.6. The maximum Gasteiger partial charge on any atom is 0.252 e.